The van der Waals surface area contributed by atoms with Crippen LogP contribution in [0.3, 0.4) is 0 Å². The van der Waals surface area contributed by atoms with Gasteiger partial charge in [-0.05, 0) is 73.7 Å². The fraction of sp³-hybridized carbons (Fsp3) is 0.667. The van der Waals surface area contributed by atoms with Gasteiger partial charge in [0, 0.05) is 6.54 Å². The molecule has 20 heavy (non-hydrogen) atoms. The molecule has 0 saturated heterocycles. The number of hydrogen-bond acceptors (Lipinski definition) is 2. The fourth-order valence-corrected chi connectivity index (χ4v) is 3.59. The molecule has 1 saturated carbocycles. The summed E-state index contributed by atoms with van der Waals surface area (Å²) in [6.45, 7) is 6.80. The lowest BCUT2D eigenvalue weighted by atomic mass is 9.80. The Morgan fingerprint density at radius 2 is 1.90 bits per heavy atom. The Bertz CT molecular complexity index is 447. The molecule has 2 heteroatoms. The zero-order valence-electron chi connectivity index (χ0n) is 12.8. The van der Waals surface area contributed by atoms with Crippen molar-refractivity contribution < 1.29 is 4.74 Å². The van der Waals surface area contributed by atoms with Crippen molar-refractivity contribution in [3.63, 3.8) is 0 Å². The van der Waals surface area contributed by atoms with Crippen LogP contribution in [0.2, 0.25) is 0 Å². The second kappa shape index (κ2) is 6.17. The molecule has 1 N–H and O–H groups in total. The largest absolute Gasteiger partial charge is 0.490 e. The van der Waals surface area contributed by atoms with Crippen molar-refractivity contribution in [3.8, 4) is 5.75 Å². The Morgan fingerprint density at radius 1 is 1.10 bits per heavy atom. The van der Waals surface area contributed by atoms with E-state index in [1.165, 1.54) is 36.8 Å². The molecule has 0 aromatic heterocycles. The first-order valence-electron chi connectivity index (χ1n) is 8.21. The maximum atomic E-state index is 6.23. The summed E-state index contributed by atoms with van der Waals surface area (Å²) in [5, 5.41) is 3.42. The van der Waals surface area contributed by atoms with Crippen LogP contribution in [0.5, 0.6) is 5.75 Å². The highest BCUT2D eigenvalue weighted by Gasteiger charge is 2.24. The van der Waals surface area contributed by atoms with Crippen molar-refractivity contribution in [2.24, 2.45) is 11.8 Å². The second-order valence-corrected chi connectivity index (χ2v) is 6.76. The fourth-order valence-electron chi connectivity index (χ4n) is 3.59. The van der Waals surface area contributed by atoms with Gasteiger partial charge in [-0.1, -0.05) is 19.9 Å². The van der Waals surface area contributed by atoms with Crippen LogP contribution < -0.4 is 10.1 Å². The van der Waals surface area contributed by atoms with Gasteiger partial charge in [-0.2, -0.15) is 0 Å². The average Bonchev–Trinajstić information content (AvgIpc) is 2.48. The minimum absolute atomic E-state index is 0.435. The monoisotopic (exact) mass is 273 g/mol. The summed E-state index contributed by atoms with van der Waals surface area (Å²) in [5.41, 5.74) is 2.91. The number of hydrogen-bond donors (Lipinski definition) is 1. The van der Waals surface area contributed by atoms with E-state index in [4.69, 9.17) is 4.74 Å². The Morgan fingerprint density at radius 3 is 2.65 bits per heavy atom. The molecule has 0 amide bonds. The van der Waals surface area contributed by atoms with Gasteiger partial charge in [0.05, 0.1) is 6.10 Å². The quantitative estimate of drug-likeness (QED) is 0.901. The molecule has 0 radical (unpaired) electrons. The lowest BCUT2D eigenvalue weighted by molar-refractivity contribution is 0.116. The van der Waals surface area contributed by atoms with Gasteiger partial charge in [-0.25, -0.2) is 0 Å². The van der Waals surface area contributed by atoms with E-state index >= 15 is 0 Å². The van der Waals surface area contributed by atoms with Gasteiger partial charge in [0.25, 0.3) is 0 Å². The number of ether oxygens (including phenoxy) is 1. The van der Waals surface area contributed by atoms with Gasteiger partial charge in [0.15, 0.2) is 0 Å². The maximum absolute atomic E-state index is 6.23. The third-order valence-electron chi connectivity index (χ3n) is 5.03. The molecule has 1 aromatic rings. The number of fused-ring (bicyclic) bond motifs is 1. The van der Waals surface area contributed by atoms with Crippen molar-refractivity contribution in [3.05, 3.63) is 29.3 Å². The van der Waals surface area contributed by atoms with Gasteiger partial charge in [0.1, 0.15) is 5.75 Å². The van der Waals surface area contributed by atoms with Crippen molar-refractivity contribution >= 4 is 0 Å². The summed E-state index contributed by atoms with van der Waals surface area (Å²) in [5.74, 6) is 2.82. The number of nitrogens with one attached hydrogen (secondary N) is 1. The van der Waals surface area contributed by atoms with Crippen LogP contribution in [-0.2, 0) is 13.0 Å². The highest BCUT2D eigenvalue weighted by atomic mass is 16.5. The molecule has 0 bridgehead atoms. The van der Waals surface area contributed by atoms with Gasteiger partial charge in [-0.3, -0.25) is 0 Å². The molecule has 2 aliphatic rings. The Kier molecular flexibility index (Phi) is 4.30. The second-order valence-electron chi connectivity index (χ2n) is 6.76. The first kappa shape index (κ1) is 13.9. The van der Waals surface area contributed by atoms with E-state index in [0.717, 1.165) is 37.1 Å². The molecule has 0 spiro atoms. The Balaban J connectivity index is 1.59. The van der Waals surface area contributed by atoms with E-state index in [-0.39, 0.29) is 0 Å². The van der Waals surface area contributed by atoms with Crippen molar-refractivity contribution in [1.29, 1.82) is 0 Å². The summed E-state index contributed by atoms with van der Waals surface area (Å²) in [6.07, 6.45) is 6.68. The van der Waals surface area contributed by atoms with Crippen molar-refractivity contribution in [2.75, 3.05) is 6.54 Å². The van der Waals surface area contributed by atoms with E-state index in [1.54, 1.807) is 0 Å². The topological polar surface area (TPSA) is 21.3 Å². The maximum Gasteiger partial charge on any atom is 0.120 e. The summed E-state index contributed by atoms with van der Waals surface area (Å²) in [7, 11) is 0. The molecule has 3 rings (SSSR count). The summed E-state index contributed by atoms with van der Waals surface area (Å²) in [4.78, 5) is 0. The molecule has 2 nitrogen and oxygen atoms in total. The first-order valence-corrected chi connectivity index (χ1v) is 8.21. The van der Waals surface area contributed by atoms with Crippen molar-refractivity contribution in [1.82, 2.24) is 5.32 Å². The van der Waals surface area contributed by atoms with Gasteiger partial charge in [-0.15, -0.1) is 0 Å². The lowest BCUT2D eigenvalue weighted by Crippen LogP contribution is -2.27. The normalized spacial score (nSPS) is 26.4. The predicted octanol–water partition coefficient (Wildman–Crippen LogP) is 3.93. The molecular weight excluding hydrogens is 246 g/mol. The van der Waals surface area contributed by atoms with Crippen LogP contribution in [0.15, 0.2) is 18.2 Å². The van der Waals surface area contributed by atoms with Crippen LogP contribution >= 0.6 is 0 Å². The molecule has 1 aromatic carbocycles. The summed E-state index contributed by atoms with van der Waals surface area (Å²) >= 11 is 0. The van der Waals surface area contributed by atoms with Gasteiger partial charge < -0.3 is 10.1 Å². The molecule has 1 heterocycles. The highest BCUT2D eigenvalue weighted by molar-refractivity contribution is 5.37. The van der Waals surface area contributed by atoms with Crippen LogP contribution in [0.25, 0.3) is 0 Å². The van der Waals surface area contributed by atoms with Crippen LogP contribution in [0, 0.1) is 11.8 Å². The smallest absolute Gasteiger partial charge is 0.120 e. The highest BCUT2D eigenvalue weighted by Crippen LogP contribution is 2.32. The van der Waals surface area contributed by atoms with Gasteiger partial charge >= 0.3 is 0 Å². The zero-order valence-corrected chi connectivity index (χ0v) is 12.8. The Hall–Kier alpha value is -1.02. The predicted molar refractivity (Wildman–Crippen MR) is 83.1 cm³/mol. The van der Waals surface area contributed by atoms with Crippen LogP contribution in [0.4, 0.5) is 0 Å². The zero-order chi connectivity index (χ0) is 13.9. The number of rotatable bonds is 3. The standard InChI is InChI=1S/C18H27NO/c1-13(2)14-3-6-17(7-4-14)20-18-8-5-16-12-19-10-9-15(16)11-18/h5,8,11,13-14,17,19H,3-4,6-7,9-10,12H2,1-2H3. The third kappa shape index (κ3) is 3.17. The van der Waals surface area contributed by atoms with E-state index in [2.05, 4.69) is 37.4 Å². The molecule has 1 aliphatic heterocycles. The minimum Gasteiger partial charge on any atom is -0.490 e. The molecule has 110 valence electrons. The first-order chi connectivity index (χ1) is 9.72. The molecule has 0 unspecified atom stereocenters. The van der Waals surface area contributed by atoms with Crippen LogP contribution in [0.1, 0.15) is 50.7 Å². The molecule has 1 aliphatic carbocycles. The molecule has 1 fully saturated rings. The molecule has 0 atom stereocenters. The minimum atomic E-state index is 0.435. The van der Waals surface area contributed by atoms with Crippen molar-refractivity contribution in [2.45, 2.75) is 58.6 Å². The third-order valence-corrected chi connectivity index (χ3v) is 5.03. The SMILES string of the molecule is CC(C)C1CCC(Oc2ccc3c(c2)CCNC3)CC1. The van der Waals surface area contributed by atoms with E-state index < -0.39 is 0 Å². The van der Waals surface area contributed by atoms with E-state index in [0.29, 0.717) is 6.10 Å². The van der Waals surface area contributed by atoms with E-state index in [1.807, 2.05) is 0 Å². The van der Waals surface area contributed by atoms with Gasteiger partial charge in [0.2, 0.25) is 0 Å². The molecular formula is C18H27NO. The lowest BCUT2D eigenvalue weighted by Gasteiger charge is -2.31. The van der Waals surface area contributed by atoms with Crippen LogP contribution in [-0.4, -0.2) is 12.6 Å². The summed E-state index contributed by atoms with van der Waals surface area (Å²) < 4.78 is 6.23. The number of benzene rings is 1. The Labute approximate surface area is 122 Å². The average molecular weight is 273 g/mol. The van der Waals surface area contributed by atoms with E-state index in [9.17, 15) is 0 Å². The summed E-state index contributed by atoms with van der Waals surface area (Å²) in [6, 6.07) is 6.65.